The molecule has 0 amide bonds. The summed E-state index contributed by atoms with van der Waals surface area (Å²) in [5.74, 6) is 0.463. The molecule has 2 rings (SSSR count). The smallest absolute Gasteiger partial charge is 0.228 e. The lowest BCUT2D eigenvalue weighted by atomic mass is 9.87. The number of aromatic nitrogens is 3. The molecule has 1 unspecified atom stereocenters. The van der Waals surface area contributed by atoms with Crippen molar-refractivity contribution in [2.75, 3.05) is 5.32 Å². The van der Waals surface area contributed by atoms with E-state index in [0.29, 0.717) is 12.0 Å². The predicted molar refractivity (Wildman–Crippen MR) is 64.9 cm³/mol. The van der Waals surface area contributed by atoms with Crippen LogP contribution in [-0.4, -0.2) is 21.0 Å². The summed E-state index contributed by atoms with van der Waals surface area (Å²) in [4.78, 5) is 11.7. The highest BCUT2D eigenvalue weighted by atomic mass is 35.5. The van der Waals surface area contributed by atoms with Crippen LogP contribution in [-0.2, 0) is 0 Å². The molecule has 0 aliphatic heterocycles. The molecule has 0 aromatic carbocycles. The zero-order valence-corrected chi connectivity index (χ0v) is 10.8. The van der Waals surface area contributed by atoms with Gasteiger partial charge in [0.1, 0.15) is 0 Å². The van der Waals surface area contributed by atoms with Gasteiger partial charge < -0.3 is 5.32 Å². The maximum absolute atomic E-state index is 5.72. The Bertz CT molecular complexity index is 374. The number of halogens is 2. The fraction of sp³-hybridized carbons (Fsp3) is 0.700. The summed E-state index contributed by atoms with van der Waals surface area (Å²) in [6.45, 7) is 4.48. The van der Waals surface area contributed by atoms with Crippen LogP contribution in [0, 0.1) is 5.41 Å². The summed E-state index contributed by atoms with van der Waals surface area (Å²) in [7, 11) is 0. The first-order chi connectivity index (χ1) is 7.47. The van der Waals surface area contributed by atoms with E-state index in [9.17, 15) is 0 Å². The molecule has 1 aliphatic carbocycles. The van der Waals surface area contributed by atoms with E-state index in [2.05, 4.69) is 34.1 Å². The third-order valence-electron chi connectivity index (χ3n) is 3.14. The molecule has 0 saturated heterocycles. The SMILES string of the molecule is CC1(C)CCCC1Nc1nc(Cl)nc(Cl)n1. The minimum Gasteiger partial charge on any atom is -0.351 e. The third kappa shape index (κ3) is 2.55. The third-order valence-corrected chi connectivity index (χ3v) is 3.48. The Morgan fingerprint density at radius 2 is 1.81 bits per heavy atom. The standard InChI is InChI=1S/C10H14Cl2N4/c1-10(2)5-3-4-6(10)13-9-15-7(11)14-8(12)16-9/h6H,3-5H2,1-2H3,(H,13,14,15,16). The Kier molecular flexibility index (Phi) is 3.22. The first-order valence-electron chi connectivity index (χ1n) is 5.31. The van der Waals surface area contributed by atoms with Crippen molar-refractivity contribution in [1.29, 1.82) is 0 Å². The summed E-state index contributed by atoms with van der Waals surface area (Å²) in [5, 5.41) is 3.53. The van der Waals surface area contributed by atoms with Crippen LogP contribution in [0.4, 0.5) is 5.95 Å². The highest BCUT2D eigenvalue weighted by molar-refractivity contribution is 6.31. The quantitative estimate of drug-likeness (QED) is 0.888. The van der Waals surface area contributed by atoms with Crippen LogP contribution < -0.4 is 5.32 Å². The molecule has 1 N–H and O–H groups in total. The maximum Gasteiger partial charge on any atom is 0.228 e. The Morgan fingerprint density at radius 1 is 1.19 bits per heavy atom. The normalized spacial score (nSPS) is 23.4. The Hall–Kier alpha value is -0.610. The van der Waals surface area contributed by atoms with Crippen molar-refractivity contribution >= 4 is 29.2 Å². The van der Waals surface area contributed by atoms with E-state index in [1.807, 2.05) is 0 Å². The van der Waals surface area contributed by atoms with Crippen LogP contribution >= 0.6 is 23.2 Å². The largest absolute Gasteiger partial charge is 0.351 e. The Morgan fingerprint density at radius 3 is 2.31 bits per heavy atom. The lowest BCUT2D eigenvalue weighted by Crippen LogP contribution is -2.31. The van der Waals surface area contributed by atoms with Gasteiger partial charge >= 0.3 is 0 Å². The minimum atomic E-state index is 0.123. The van der Waals surface area contributed by atoms with Crippen LogP contribution in [0.5, 0.6) is 0 Å². The van der Waals surface area contributed by atoms with Crippen molar-refractivity contribution in [3.63, 3.8) is 0 Å². The molecule has 1 saturated carbocycles. The Balaban J connectivity index is 2.14. The number of nitrogens with one attached hydrogen (secondary N) is 1. The van der Waals surface area contributed by atoms with Crippen molar-refractivity contribution in [3.05, 3.63) is 10.6 Å². The zero-order chi connectivity index (χ0) is 11.8. The highest BCUT2D eigenvalue weighted by Gasteiger charge is 2.34. The molecule has 1 heterocycles. The fourth-order valence-electron chi connectivity index (χ4n) is 2.14. The van der Waals surface area contributed by atoms with Gasteiger partial charge in [0.05, 0.1) is 0 Å². The second kappa shape index (κ2) is 4.34. The second-order valence-electron chi connectivity index (χ2n) is 4.77. The van der Waals surface area contributed by atoms with Gasteiger partial charge in [-0.15, -0.1) is 0 Å². The van der Waals surface area contributed by atoms with Crippen molar-refractivity contribution < 1.29 is 0 Å². The van der Waals surface area contributed by atoms with Crippen molar-refractivity contribution in [2.24, 2.45) is 5.41 Å². The summed E-state index contributed by atoms with van der Waals surface area (Å²) < 4.78 is 0. The summed E-state index contributed by atoms with van der Waals surface area (Å²) in [6, 6.07) is 0.363. The average molecular weight is 261 g/mol. The number of hydrogen-bond donors (Lipinski definition) is 1. The molecule has 0 radical (unpaired) electrons. The summed E-state index contributed by atoms with van der Waals surface area (Å²) in [5.41, 5.74) is 0.256. The van der Waals surface area contributed by atoms with Gasteiger partial charge in [-0.1, -0.05) is 20.3 Å². The first kappa shape index (κ1) is 11.9. The first-order valence-corrected chi connectivity index (χ1v) is 6.06. The molecule has 1 fully saturated rings. The van der Waals surface area contributed by atoms with E-state index < -0.39 is 0 Å². The molecule has 0 bridgehead atoms. The molecular formula is C10H14Cl2N4. The molecule has 0 spiro atoms. The monoisotopic (exact) mass is 260 g/mol. The van der Waals surface area contributed by atoms with Crippen LogP contribution in [0.3, 0.4) is 0 Å². The number of rotatable bonds is 2. The lowest BCUT2D eigenvalue weighted by molar-refractivity contribution is 0.348. The minimum absolute atomic E-state index is 0.123. The van der Waals surface area contributed by atoms with Crippen LogP contribution in [0.1, 0.15) is 33.1 Å². The molecule has 4 nitrogen and oxygen atoms in total. The molecule has 88 valence electrons. The van der Waals surface area contributed by atoms with E-state index in [-0.39, 0.29) is 16.0 Å². The van der Waals surface area contributed by atoms with Crippen LogP contribution in [0.25, 0.3) is 0 Å². The number of nitrogens with zero attached hydrogens (tertiary/aromatic N) is 3. The number of anilines is 1. The van der Waals surface area contributed by atoms with Gasteiger partial charge in [0, 0.05) is 6.04 Å². The topological polar surface area (TPSA) is 50.7 Å². The number of hydrogen-bond acceptors (Lipinski definition) is 4. The van der Waals surface area contributed by atoms with Gasteiger partial charge in [0.2, 0.25) is 16.5 Å². The van der Waals surface area contributed by atoms with E-state index in [0.717, 1.165) is 6.42 Å². The summed E-state index contributed by atoms with van der Waals surface area (Å²) >= 11 is 11.4. The molecule has 1 aromatic rings. The van der Waals surface area contributed by atoms with E-state index >= 15 is 0 Å². The average Bonchev–Trinajstić information content (AvgIpc) is 2.44. The molecule has 16 heavy (non-hydrogen) atoms. The molecule has 6 heteroatoms. The van der Waals surface area contributed by atoms with Crippen LogP contribution in [0.15, 0.2) is 0 Å². The summed E-state index contributed by atoms with van der Waals surface area (Å²) in [6.07, 6.45) is 3.54. The van der Waals surface area contributed by atoms with Crippen molar-refractivity contribution in [1.82, 2.24) is 15.0 Å². The van der Waals surface area contributed by atoms with Gasteiger partial charge in [0.25, 0.3) is 0 Å². The van der Waals surface area contributed by atoms with Gasteiger partial charge in [-0.3, -0.25) is 0 Å². The maximum atomic E-state index is 5.72. The van der Waals surface area contributed by atoms with E-state index in [1.165, 1.54) is 12.8 Å². The fourth-order valence-corrected chi connectivity index (χ4v) is 2.50. The van der Waals surface area contributed by atoms with Gasteiger partial charge in [0.15, 0.2) is 0 Å². The molecular weight excluding hydrogens is 247 g/mol. The van der Waals surface area contributed by atoms with Gasteiger partial charge in [-0.25, -0.2) is 0 Å². The lowest BCUT2D eigenvalue weighted by Gasteiger charge is -2.27. The molecule has 1 aromatic heterocycles. The van der Waals surface area contributed by atoms with E-state index in [4.69, 9.17) is 23.2 Å². The van der Waals surface area contributed by atoms with Crippen molar-refractivity contribution in [2.45, 2.75) is 39.2 Å². The molecule has 1 aliphatic rings. The zero-order valence-electron chi connectivity index (χ0n) is 9.30. The Labute approximate surface area is 105 Å². The van der Waals surface area contributed by atoms with E-state index in [1.54, 1.807) is 0 Å². The van der Waals surface area contributed by atoms with Gasteiger partial charge in [-0.2, -0.15) is 15.0 Å². The molecule has 1 atom stereocenters. The van der Waals surface area contributed by atoms with Crippen LogP contribution in [0.2, 0.25) is 10.6 Å². The second-order valence-corrected chi connectivity index (χ2v) is 5.45. The van der Waals surface area contributed by atoms with Gasteiger partial charge in [-0.05, 0) is 41.5 Å². The predicted octanol–water partition coefficient (Wildman–Crippen LogP) is 3.17. The van der Waals surface area contributed by atoms with Crippen molar-refractivity contribution in [3.8, 4) is 0 Å². The highest BCUT2D eigenvalue weighted by Crippen LogP contribution is 2.38.